The second-order valence-corrected chi connectivity index (χ2v) is 8.16. The molecule has 0 radical (unpaired) electrons. The van der Waals surface area contributed by atoms with E-state index in [0.29, 0.717) is 16.9 Å². The maximum Gasteiger partial charge on any atom is 0.340 e. The predicted molar refractivity (Wildman–Crippen MR) is 117 cm³/mol. The Balaban J connectivity index is 1.90. The molecule has 3 aromatic carbocycles. The van der Waals surface area contributed by atoms with Crippen LogP contribution in [0, 0.1) is 6.92 Å². The van der Waals surface area contributed by atoms with Gasteiger partial charge in [0.2, 0.25) is 0 Å². The molecule has 0 saturated carbocycles. The summed E-state index contributed by atoms with van der Waals surface area (Å²) in [7, 11) is -4.01. The Kier molecular flexibility index (Phi) is 6.14. The molecular formula is C23H22N2O3S. The first-order valence-electron chi connectivity index (χ1n) is 9.08. The third-order valence-electron chi connectivity index (χ3n) is 4.27. The van der Waals surface area contributed by atoms with Crippen LogP contribution in [0.25, 0.3) is 5.57 Å². The van der Waals surface area contributed by atoms with Crippen molar-refractivity contribution in [3.8, 4) is 0 Å². The van der Waals surface area contributed by atoms with Crippen molar-refractivity contribution >= 4 is 33.0 Å². The molecule has 0 aliphatic heterocycles. The molecule has 0 unspecified atom stereocenters. The molecule has 1 N–H and O–H groups in total. The van der Waals surface area contributed by atoms with Crippen LogP contribution in [0.5, 0.6) is 0 Å². The van der Waals surface area contributed by atoms with Crippen molar-refractivity contribution in [3.63, 3.8) is 0 Å². The number of para-hydroxylation sites is 2. The van der Waals surface area contributed by atoms with E-state index in [-0.39, 0.29) is 0 Å². The first kappa shape index (κ1) is 20.4. The minimum atomic E-state index is -4.01. The van der Waals surface area contributed by atoms with Gasteiger partial charge in [-0.1, -0.05) is 66.2 Å². The summed E-state index contributed by atoms with van der Waals surface area (Å²) in [5.74, 6) is 0. The summed E-state index contributed by atoms with van der Waals surface area (Å²) in [6, 6.07) is 24.5. The summed E-state index contributed by atoms with van der Waals surface area (Å²) >= 11 is 0. The van der Waals surface area contributed by atoms with Crippen molar-refractivity contribution in [2.45, 2.75) is 13.8 Å². The standard InChI is InChI=1S/C23H22N2O3S/c1-18-10-9-11-20(16-18)19(2)17-29(27,28)24-23(26)25(21-12-5-3-6-13-21)22-14-7-4-8-15-22/h3-17H,1-2H3,(H,24,26)/b19-17+. The molecule has 29 heavy (non-hydrogen) atoms. The van der Waals surface area contributed by atoms with Crippen LogP contribution in [-0.2, 0) is 10.0 Å². The van der Waals surface area contributed by atoms with Gasteiger partial charge in [-0.05, 0) is 49.2 Å². The maximum atomic E-state index is 12.9. The number of anilines is 2. The molecule has 0 bridgehead atoms. The van der Waals surface area contributed by atoms with Crippen molar-refractivity contribution in [1.82, 2.24) is 4.72 Å². The fourth-order valence-corrected chi connectivity index (χ4v) is 3.92. The maximum absolute atomic E-state index is 12.9. The topological polar surface area (TPSA) is 66.5 Å². The van der Waals surface area contributed by atoms with E-state index in [1.165, 1.54) is 4.90 Å². The lowest BCUT2D eigenvalue weighted by atomic mass is 10.1. The van der Waals surface area contributed by atoms with Crippen LogP contribution < -0.4 is 9.62 Å². The van der Waals surface area contributed by atoms with Crippen LogP contribution in [0.15, 0.2) is 90.3 Å². The smallest absolute Gasteiger partial charge is 0.262 e. The quantitative estimate of drug-likeness (QED) is 0.631. The van der Waals surface area contributed by atoms with Gasteiger partial charge in [-0.2, -0.15) is 0 Å². The SMILES string of the molecule is C/C(=C\S(=O)(=O)NC(=O)N(c1ccccc1)c1ccccc1)c1cccc(C)c1. The Morgan fingerprint density at radius 3 is 1.93 bits per heavy atom. The van der Waals surface area contributed by atoms with Gasteiger partial charge in [0.25, 0.3) is 10.0 Å². The average Bonchev–Trinajstić information content (AvgIpc) is 2.69. The van der Waals surface area contributed by atoms with Gasteiger partial charge in [0.05, 0.1) is 16.8 Å². The van der Waals surface area contributed by atoms with Crippen molar-refractivity contribution in [2.75, 3.05) is 4.90 Å². The number of carbonyl (C=O) groups is 1. The van der Waals surface area contributed by atoms with Crippen molar-refractivity contribution in [1.29, 1.82) is 0 Å². The summed E-state index contributed by atoms with van der Waals surface area (Å²) in [4.78, 5) is 14.3. The normalized spacial score (nSPS) is 11.7. The average molecular weight is 407 g/mol. The van der Waals surface area contributed by atoms with Gasteiger partial charge in [-0.15, -0.1) is 0 Å². The highest BCUT2D eigenvalue weighted by atomic mass is 32.2. The summed E-state index contributed by atoms with van der Waals surface area (Å²) in [6.45, 7) is 3.63. The molecule has 0 aliphatic rings. The van der Waals surface area contributed by atoms with Crippen LogP contribution in [-0.4, -0.2) is 14.4 Å². The number of nitrogens with one attached hydrogen (secondary N) is 1. The number of sulfonamides is 1. The lowest BCUT2D eigenvalue weighted by Crippen LogP contribution is -2.39. The third-order valence-corrected chi connectivity index (χ3v) is 5.39. The molecule has 0 aliphatic carbocycles. The number of benzene rings is 3. The first-order valence-corrected chi connectivity index (χ1v) is 10.6. The molecule has 0 atom stereocenters. The zero-order valence-electron chi connectivity index (χ0n) is 16.2. The zero-order chi connectivity index (χ0) is 20.9. The van der Waals surface area contributed by atoms with E-state index in [4.69, 9.17) is 0 Å². The van der Waals surface area contributed by atoms with E-state index in [1.54, 1.807) is 55.5 Å². The number of amides is 2. The molecule has 0 saturated heterocycles. The monoisotopic (exact) mass is 406 g/mol. The summed E-state index contributed by atoms with van der Waals surface area (Å²) in [5, 5.41) is 1.08. The second-order valence-electron chi connectivity index (χ2n) is 6.63. The van der Waals surface area contributed by atoms with Crippen LogP contribution in [0.2, 0.25) is 0 Å². The highest BCUT2D eigenvalue weighted by Gasteiger charge is 2.22. The fraction of sp³-hybridized carbons (Fsp3) is 0.0870. The molecule has 2 amide bonds. The van der Waals surface area contributed by atoms with Gasteiger partial charge in [0, 0.05) is 0 Å². The van der Waals surface area contributed by atoms with Gasteiger partial charge in [-0.3, -0.25) is 4.90 Å². The van der Waals surface area contributed by atoms with Gasteiger partial charge in [-0.25, -0.2) is 17.9 Å². The van der Waals surface area contributed by atoms with E-state index in [9.17, 15) is 13.2 Å². The largest absolute Gasteiger partial charge is 0.340 e. The van der Waals surface area contributed by atoms with E-state index < -0.39 is 16.1 Å². The van der Waals surface area contributed by atoms with E-state index in [0.717, 1.165) is 16.5 Å². The first-order chi connectivity index (χ1) is 13.9. The highest BCUT2D eigenvalue weighted by molar-refractivity contribution is 7.93. The van der Waals surface area contributed by atoms with E-state index >= 15 is 0 Å². The van der Waals surface area contributed by atoms with Crippen LogP contribution in [0.4, 0.5) is 16.2 Å². The Labute approximate surface area is 171 Å². The Bertz CT molecular complexity index is 1090. The number of nitrogens with zero attached hydrogens (tertiary/aromatic N) is 1. The Morgan fingerprint density at radius 1 is 0.862 bits per heavy atom. The Hall–Kier alpha value is -3.38. The van der Waals surface area contributed by atoms with Crippen molar-refractivity contribution in [2.24, 2.45) is 0 Å². The number of aryl methyl sites for hydroxylation is 1. The summed E-state index contributed by atoms with van der Waals surface area (Å²) in [6.07, 6.45) is 0. The second kappa shape index (κ2) is 8.75. The van der Waals surface area contributed by atoms with Crippen molar-refractivity contribution < 1.29 is 13.2 Å². The molecular weight excluding hydrogens is 384 g/mol. The summed E-state index contributed by atoms with van der Waals surface area (Å²) < 4.78 is 27.4. The third kappa shape index (κ3) is 5.33. The molecule has 0 fully saturated rings. The van der Waals surface area contributed by atoms with Gasteiger partial charge in [0.15, 0.2) is 0 Å². The van der Waals surface area contributed by atoms with E-state index in [2.05, 4.69) is 4.72 Å². The fourth-order valence-electron chi connectivity index (χ4n) is 2.93. The number of urea groups is 1. The molecule has 0 aromatic heterocycles. The lowest BCUT2D eigenvalue weighted by Gasteiger charge is -2.23. The molecule has 6 heteroatoms. The van der Waals surface area contributed by atoms with Gasteiger partial charge in [0.1, 0.15) is 0 Å². The molecule has 3 rings (SSSR count). The zero-order valence-corrected chi connectivity index (χ0v) is 17.1. The number of hydrogen-bond donors (Lipinski definition) is 1. The molecule has 5 nitrogen and oxygen atoms in total. The van der Waals surface area contributed by atoms with Gasteiger partial charge < -0.3 is 0 Å². The number of allylic oxidation sites excluding steroid dienone is 1. The van der Waals surface area contributed by atoms with Crippen molar-refractivity contribution in [3.05, 3.63) is 101 Å². The molecule has 0 spiro atoms. The number of carbonyl (C=O) groups excluding carboxylic acids is 1. The number of hydrogen-bond acceptors (Lipinski definition) is 3. The molecule has 0 heterocycles. The number of rotatable bonds is 5. The van der Waals surface area contributed by atoms with Crippen LogP contribution in [0.3, 0.4) is 0 Å². The highest BCUT2D eigenvalue weighted by Crippen LogP contribution is 2.25. The lowest BCUT2D eigenvalue weighted by molar-refractivity contribution is 0.253. The van der Waals surface area contributed by atoms with Crippen LogP contribution >= 0.6 is 0 Å². The van der Waals surface area contributed by atoms with Gasteiger partial charge >= 0.3 is 6.03 Å². The minimum absolute atomic E-state index is 0.542. The van der Waals surface area contributed by atoms with E-state index in [1.807, 2.05) is 43.3 Å². The Morgan fingerprint density at radius 2 is 1.41 bits per heavy atom. The minimum Gasteiger partial charge on any atom is -0.262 e. The molecule has 3 aromatic rings. The summed E-state index contributed by atoms with van der Waals surface area (Å²) in [5.41, 5.74) is 3.47. The predicted octanol–water partition coefficient (Wildman–Crippen LogP) is 5.23. The molecule has 148 valence electrons. The van der Waals surface area contributed by atoms with Crippen LogP contribution in [0.1, 0.15) is 18.1 Å².